The maximum atomic E-state index is 6.81. The van der Waals surface area contributed by atoms with Gasteiger partial charge in [0.05, 0.1) is 0 Å². The number of rotatable bonds is 5. The number of halogens is 2. The van der Waals surface area contributed by atoms with Crippen molar-refractivity contribution in [2.45, 2.75) is 6.16 Å². The third-order valence-corrected chi connectivity index (χ3v) is 11.7. The van der Waals surface area contributed by atoms with Gasteiger partial charge in [0, 0.05) is 0 Å². The molecule has 0 unspecified atom stereocenters. The van der Waals surface area contributed by atoms with Gasteiger partial charge in [-0.05, 0) is 0 Å². The van der Waals surface area contributed by atoms with E-state index in [2.05, 4.69) is 119 Å². The Kier molecular flexibility index (Phi) is 6.11. The molecule has 0 bridgehead atoms. The van der Waals surface area contributed by atoms with Crippen LogP contribution in [-0.2, 0) is 6.16 Å². The van der Waals surface area contributed by atoms with Crippen LogP contribution in [0.4, 0.5) is 0 Å². The fourth-order valence-corrected chi connectivity index (χ4v) is 9.99. The molecule has 0 saturated heterocycles. The molecule has 1 aromatic heterocycles. The molecule has 32 heavy (non-hydrogen) atoms. The maximum absolute atomic E-state index is 6.81. The van der Waals surface area contributed by atoms with E-state index < -0.39 is 7.26 Å². The number of hydrogen-bond donors (Lipinski definition) is 0. The van der Waals surface area contributed by atoms with E-state index in [1.807, 2.05) is 12.1 Å². The Morgan fingerprint density at radius 2 is 1.16 bits per heavy atom. The molecule has 0 atom stereocenters. The molecule has 1 nitrogen and oxygen atoms in total. The van der Waals surface area contributed by atoms with Crippen molar-refractivity contribution in [3.8, 4) is 0 Å². The Bertz CT molecular complexity index is 1260. The van der Waals surface area contributed by atoms with Crippen LogP contribution < -0.4 is 15.9 Å². The van der Waals surface area contributed by atoms with Crippen LogP contribution in [0.2, 0.25) is 5.15 Å². The Labute approximate surface area is 202 Å². The molecule has 0 N–H and O–H groups in total. The third-order valence-electron chi connectivity index (χ3n) is 6.06. The summed E-state index contributed by atoms with van der Waals surface area (Å²) in [5, 5.41) is 5.77. The van der Waals surface area contributed by atoms with Gasteiger partial charge in [0.15, 0.2) is 0 Å². The molecule has 4 heteroatoms. The minimum atomic E-state index is -2.43. The fraction of sp³-hybridized carbons (Fsp3) is 0.0357. The van der Waals surface area contributed by atoms with Crippen LogP contribution in [0.15, 0.2) is 120 Å². The van der Waals surface area contributed by atoms with Crippen LogP contribution in [0, 0.1) is 0 Å². The van der Waals surface area contributed by atoms with Crippen molar-refractivity contribution in [1.82, 2.24) is 4.98 Å². The first-order valence-electron chi connectivity index (χ1n) is 10.6. The monoisotopic (exact) mass is 517 g/mol. The number of hydrogen-bond acceptors (Lipinski definition) is 1. The normalized spacial score (nSPS) is 12.1. The van der Waals surface area contributed by atoms with Gasteiger partial charge in [-0.25, -0.2) is 0 Å². The average molecular weight is 519 g/mol. The molecule has 5 rings (SSSR count). The van der Waals surface area contributed by atoms with Crippen molar-refractivity contribution in [1.29, 1.82) is 0 Å². The summed E-state index contributed by atoms with van der Waals surface area (Å²) in [6, 6.07) is 41.0. The number of aromatic nitrogens is 1. The predicted octanol–water partition coefficient (Wildman–Crippen LogP) is 6.88. The van der Waals surface area contributed by atoms with Crippen molar-refractivity contribution in [3.63, 3.8) is 0 Å². The van der Waals surface area contributed by atoms with E-state index in [1.54, 1.807) is 0 Å². The van der Waals surface area contributed by atoms with Gasteiger partial charge in [0.1, 0.15) is 0 Å². The molecule has 0 aliphatic heterocycles. The molecule has 0 aliphatic rings. The molecule has 4 aromatic carbocycles. The van der Waals surface area contributed by atoms with E-state index in [1.165, 1.54) is 15.9 Å². The van der Waals surface area contributed by atoms with Crippen LogP contribution in [0.25, 0.3) is 10.9 Å². The van der Waals surface area contributed by atoms with E-state index in [0.29, 0.717) is 5.15 Å². The summed E-state index contributed by atoms with van der Waals surface area (Å²) in [4.78, 5) is 4.75. The van der Waals surface area contributed by atoms with Crippen LogP contribution in [0.5, 0.6) is 0 Å². The van der Waals surface area contributed by atoms with Crippen LogP contribution >= 0.6 is 34.8 Å². The van der Waals surface area contributed by atoms with Gasteiger partial charge in [-0.15, -0.1) is 0 Å². The first kappa shape index (κ1) is 21.3. The standard InChI is InChI=1S/C28H22BrClNP/c29-23-16-17-27-21(19-23)18-22(28(30)31-27)20-32(24-10-4-1-5-11-24,25-12-6-2-7-13-25)26-14-8-3-9-15-26/h1-19,32H,20H2. The van der Waals surface area contributed by atoms with Gasteiger partial charge in [0.2, 0.25) is 0 Å². The Morgan fingerprint density at radius 1 is 0.656 bits per heavy atom. The predicted molar refractivity (Wildman–Crippen MR) is 145 cm³/mol. The molecule has 0 spiro atoms. The number of fused-ring (bicyclic) bond motifs is 1. The first-order chi connectivity index (χ1) is 15.7. The molecule has 0 saturated carbocycles. The van der Waals surface area contributed by atoms with Crippen molar-refractivity contribution >= 4 is 61.6 Å². The molecule has 0 fully saturated rings. The zero-order valence-corrected chi connectivity index (χ0v) is 20.7. The Hall–Kier alpha value is -2.51. The van der Waals surface area contributed by atoms with Crippen LogP contribution in [0.3, 0.4) is 0 Å². The van der Waals surface area contributed by atoms with Gasteiger partial charge in [-0.2, -0.15) is 0 Å². The number of pyridine rings is 1. The second kappa shape index (κ2) is 9.16. The SMILES string of the molecule is Clc1nc2ccc(Br)cc2cc1C[PH](c1ccccc1)(c1ccccc1)c1ccccc1. The quantitative estimate of drug-likeness (QED) is 0.183. The first-order valence-corrected chi connectivity index (χ1v) is 14.0. The van der Waals surface area contributed by atoms with Gasteiger partial charge in [0.25, 0.3) is 0 Å². The summed E-state index contributed by atoms with van der Waals surface area (Å²) in [5.74, 6) is 0. The van der Waals surface area contributed by atoms with Gasteiger partial charge < -0.3 is 0 Å². The zero-order chi connectivity index (χ0) is 22.0. The van der Waals surface area contributed by atoms with Crippen LogP contribution in [0.1, 0.15) is 5.56 Å². The minimum absolute atomic E-state index is 0.583. The summed E-state index contributed by atoms with van der Waals surface area (Å²) in [5.41, 5.74) is 1.99. The van der Waals surface area contributed by atoms with E-state index in [-0.39, 0.29) is 0 Å². The zero-order valence-electron chi connectivity index (χ0n) is 17.4. The van der Waals surface area contributed by atoms with E-state index in [4.69, 9.17) is 16.6 Å². The molecular formula is C28H22BrClNP. The van der Waals surface area contributed by atoms with Crippen molar-refractivity contribution in [3.05, 3.63) is 130 Å². The van der Waals surface area contributed by atoms with E-state index in [9.17, 15) is 0 Å². The van der Waals surface area contributed by atoms with Crippen molar-refractivity contribution in [2.24, 2.45) is 0 Å². The number of benzene rings is 4. The van der Waals surface area contributed by atoms with Crippen molar-refractivity contribution < 1.29 is 0 Å². The third kappa shape index (κ3) is 3.99. The molecule has 5 aromatic rings. The molecule has 0 radical (unpaired) electrons. The average Bonchev–Trinajstić information content (AvgIpc) is 2.85. The summed E-state index contributed by atoms with van der Waals surface area (Å²) in [6.45, 7) is 0. The van der Waals surface area contributed by atoms with Gasteiger partial charge in [-0.1, -0.05) is 0 Å². The molecule has 1 heterocycles. The van der Waals surface area contributed by atoms with Crippen LogP contribution in [-0.4, -0.2) is 4.98 Å². The Morgan fingerprint density at radius 3 is 1.66 bits per heavy atom. The molecule has 0 amide bonds. The molecule has 0 aliphatic carbocycles. The summed E-state index contributed by atoms with van der Waals surface area (Å²) >= 11 is 10.4. The van der Waals surface area contributed by atoms with Crippen molar-refractivity contribution in [2.75, 3.05) is 0 Å². The van der Waals surface area contributed by atoms with Gasteiger partial charge in [-0.3, -0.25) is 0 Å². The number of nitrogens with zero attached hydrogens (tertiary/aromatic N) is 1. The van der Waals surface area contributed by atoms with Gasteiger partial charge >= 0.3 is 203 Å². The summed E-state index contributed by atoms with van der Waals surface area (Å²) in [7, 11) is -2.43. The fourth-order valence-electron chi connectivity index (χ4n) is 4.55. The second-order valence-corrected chi connectivity index (χ2v) is 13.1. The molecule has 158 valence electrons. The summed E-state index contributed by atoms with van der Waals surface area (Å²) in [6.07, 6.45) is 0.833. The molecular weight excluding hydrogens is 497 g/mol. The second-order valence-electron chi connectivity index (χ2n) is 7.96. The topological polar surface area (TPSA) is 12.9 Å². The van der Waals surface area contributed by atoms with E-state index >= 15 is 0 Å². The van der Waals surface area contributed by atoms with E-state index in [0.717, 1.165) is 27.1 Å². The Balaban J connectivity index is 1.79. The summed E-state index contributed by atoms with van der Waals surface area (Å²) < 4.78 is 1.04.